The van der Waals surface area contributed by atoms with Crippen LogP contribution in [0.25, 0.3) is 0 Å². The predicted octanol–water partition coefficient (Wildman–Crippen LogP) is 17.0. The molecule has 0 fully saturated rings. The fraction of sp³-hybridized carbons (Fsp3) is 0.774. The minimum absolute atomic E-state index is 0.161. The van der Waals surface area contributed by atoms with Crippen LogP contribution in [0.4, 0.5) is 0 Å². The Balaban J connectivity index is -0.00000134. The molecule has 0 amide bonds. The highest BCUT2D eigenvalue weighted by molar-refractivity contribution is 7.46. The van der Waals surface area contributed by atoms with E-state index in [1.165, 1.54) is 96.3 Å². The van der Waals surface area contributed by atoms with Gasteiger partial charge in [0.05, 0.1) is 6.61 Å². The molecular formula is C62H114O16P2. The second-order valence-electron chi connectivity index (χ2n) is 20.1. The summed E-state index contributed by atoms with van der Waals surface area (Å²) < 4.78 is 49.4. The second-order valence-corrected chi connectivity index (χ2v) is 22.7. The number of carbonyl (C=O) groups is 4. The van der Waals surface area contributed by atoms with Gasteiger partial charge in [-0.1, -0.05) is 204 Å². The summed E-state index contributed by atoms with van der Waals surface area (Å²) in [6.07, 6.45) is 59.1. The molecule has 4 N–H and O–H groups in total. The first-order chi connectivity index (χ1) is 38.5. The highest BCUT2D eigenvalue weighted by Crippen LogP contribution is 2.36. The molecule has 0 saturated carbocycles. The molecule has 16 nitrogen and oxygen atoms in total. The van der Waals surface area contributed by atoms with Gasteiger partial charge < -0.3 is 38.5 Å². The van der Waals surface area contributed by atoms with E-state index in [1.807, 2.05) is 6.08 Å². The van der Waals surface area contributed by atoms with Gasteiger partial charge in [-0.05, 0) is 96.3 Å². The number of rotatable bonds is 54. The van der Waals surface area contributed by atoms with E-state index in [-0.39, 0.29) is 44.6 Å². The molecule has 0 radical (unpaired) electrons. The number of allylic oxidation sites excluding steroid dienone is 9. The highest BCUT2D eigenvalue weighted by atomic mass is 31.2. The number of phosphoric ester groups is 2. The summed E-state index contributed by atoms with van der Waals surface area (Å²) >= 11 is 0. The molecule has 0 aliphatic carbocycles. The molecule has 0 heterocycles. The third-order valence-electron chi connectivity index (χ3n) is 12.4. The summed E-state index contributed by atoms with van der Waals surface area (Å²) in [5.74, 6) is -1.30. The first-order valence-corrected chi connectivity index (χ1v) is 33.8. The van der Waals surface area contributed by atoms with Crippen LogP contribution in [0.2, 0.25) is 0 Å². The van der Waals surface area contributed by atoms with E-state index in [0.29, 0.717) is 19.3 Å². The normalized spacial score (nSPS) is 12.1. The van der Waals surface area contributed by atoms with Crippen LogP contribution in [-0.2, 0) is 56.3 Å². The minimum Gasteiger partial charge on any atom is -0.462 e. The zero-order chi connectivity index (χ0) is 59.9. The van der Waals surface area contributed by atoms with Crippen molar-refractivity contribution in [2.75, 3.05) is 33.5 Å². The van der Waals surface area contributed by atoms with Crippen LogP contribution in [0.3, 0.4) is 0 Å². The lowest BCUT2D eigenvalue weighted by atomic mass is 10.1. The van der Waals surface area contributed by atoms with Gasteiger partial charge >= 0.3 is 39.5 Å². The Morgan fingerprint density at radius 2 is 0.725 bits per heavy atom. The van der Waals surface area contributed by atoms with Gasteiger partial charge in [-0.2, -0.15) is 0 Å². The average molecular weight is 1180 g/mol. The van der Waals surface area contributed by atoms with E-state index >= 15 is 0 Å². The lowest BCUT2D eigenvalue weighted by Crippen LogP contribution is -2.29. The van der Waals surface area contributed by atoms with E-state index in [1.54, 1.807) is 0 Å². The van der Waals surface area contributed by atoms with Gasteiger partial charge in [-0.3, -0.25) is 28.2 Å². The maximum absolute atomic E-state index is 12.2. The molecule has 468 valence electrons. The minimum atomic E-state index is -4.73. The predicted molar refractivity (Wildman–Crippen MR) is 324 cm³/mol. The summed E-state index contributed by atoms with van der Waals surface area (Å²) in [7, 11) is -7.93. The Kier molecular flexibility index (Phi) is 64.2. The summed E-state index contributed by atoms with van der Waals surface area (Å²) in [5, 5.41) is 0. The molecule has 0 aromatic carbocycles. The summed E-state index contributed by atoms with van der Waals surface area (Å²) in [5.41, 5.74) is 0. The smallest absolute Gasteiger partial charge is 0.462 e. The van der Waals surface area contributed by atoms with Crippen molar-refractivity contribution in [2.24, 2.45) is 0 Å². The Bertz CT molecular complexity index is 1650. The lowest BCUT2D eigenvalue weighted by molar-refractivity contribution is -0.161. The number of hydrogen-bond acceptors (Lipinski definition) is 12. The molecular weight excluding hydrogens is 1060 g/mol. The van der Waals surface area contributed by atoms with Crippen molar-refractivity contribution in [2.45, 2.75) is 277 Å². The molecule has 0 aromatic heterocycles. The second kappa shape index (κ2) is 63.4. The average Bonchev–Trinajstić information content (AvgIpc) is 3.42. The summed E-state index contributed by atoms with van der Waals surface area (Å²) in [6.45, 7) is 9.77. The van der Waals surface area contributed by atoms with Crippen molar-refractivity contribution in [1.29, 1.82) is 0 Å². The molecule has 0 aromatic rings. The fourth-order valence-electron chi connectivity index (χ4n) is 7.75. The largest absolute Gasteiger partial charge is 0.469 e. The summed E-state index contributed by atoms with van der Waals surface area (Å²) in [6, 6.07) is 0. The van der Waals surface area contributed by atoms with Gasteiger partial charge in [0, 0.05) is 32.8 Å². The molecule has 1 atom stereocenters. The molecule has 0 bridgehead atoms. The number of esters is 4. The van der Waals surface area contributed by atoms with E-state index < -0.39 is 40.3 Å². The van der Waals surface area contributed by atoms with Crippen LogP contribution in [0.1, 0.15) is 271 Å². The van der Waals surface area contributed by atoms with Gasteiger partial charge in [0.1, 0.15) is 19.8 Å². The Labute approximate surface area is 485 Å². The molecule has 80 heavy (non-hydrogen) atoms. The molecule has 0 saturated heterocycles. The number of carbonyl (C=O) groups excluding carboxylic acids is 4. The van der Waals surface area contributed by atoms with E-state index in [2.05, 4.69) is 85.0 Å². The maximum Gasteiger partial charge on any atom is 0.469 e. The van der Waals surface area contributed by atoms with Crippen LogP contribution in [0, 0.1) is 0 Å². The number of hydrogen-bond donors (Lipinski definition) is 4. The van der Waals surface area contributed by atoms with Gasteiger partial charge in [0.15, 0.2) is 6.10 Å². The standard InChI is InChI=1S/C33H58O4.C28H51O8P.CH5O4P/c1-3-5-7-9-11-13-15-16-17-18-19-21-23-25-27-29-33(35)37-31-30-36-32(34)28-26-24-22-20-14-12-10-8-6-4-2;1-3-5-7-9-11-12-13-14-15-16-17-19-21-23-28(30)36-26(25-35-37(31,32)33)24-34-27(29)22-20-18-10-8-6-4-2;1-5-6(2,3)4/h4,8,10,16-17H,2-3,5-7,9,11-15,18-31H2,1H3;7,9,12-13,26H,3-6,8,10-11,14-25H2,1-2H3,(H2,31,32,33);1H3,(H2,2,3,4)/b10-8+,17-16+;9-7+,13-12+;/t;26-;/m.1./s1. The number of ether oxygens (including phenoxy) is 4. The van der Waals surface area contributed by atoms with Gasteiger partial charge in [0.25, 0.3) is 0 Å². The van der Waals surface area contributed by atoms with Crippen LogP contribution in [0.15, 0.2) is 61.3 Å². The lowest BCUT2D eigenvalue weighted by Gasteiger charge is -2.18. The van der Waals surface area contributed by atoms with Crippen molar-refractivity contribution in [1.82, 2.24) is 0 Å². The molecule has 18 heteroatoms. The zero-order valence-electron chi connectivity index (χ0n) is 50.5. The van der Waals surface area contributed by atoms with E-state index in [0.717, 1.165) is 129 Å². The third kappa shape index (κ3) is 74.8. The first kappa shape index (κ1) is 81.0. The monoisotopic (exact) mass is 1180 g/mol. The first-order valence-electron chi connectivity index (χ1n) is 30.7. The highest BCUT2D eigenvalue weighted by Gasteiger charge is 2.23. The Hall–Kier alpha value is -3.20. The zero-order valence-corrected chi connectivity index (χ0v) is 52.3. The van der Waals surface area contributed by atoms with Gasteiger partial charge in [-0.15, -0.1) is 6.58 Å². The number of unbranched alkanes of at least 4 members (excludes halogenated alkanes) is 27. The molecule has 0 unspecified atom stereocenters. The summed E-state index contributed by atoms with van der Waals surface area (Å²) in [4.78, 5) is 81.1. The van der Waals surface area contributed by atoms with Crippen LogP contribution < -0.4 is 0 Å². The van der Waals surface area contributed by atoms with Crippen molar-refractivity contribution in [3.8, 4) is 0 Å². The van der Waals surface area contributed by atoms with Gasteiger partial charge in [0.2, 0.25) is 0 Å². The van der Waals surface area contributed by atoms with Crippen LogP contribution in [-0.4, -0.2) is 83.1 Å². The molecule has 0 rings (SSSR count). The molecule has 0 aliphatic heterocycles. The fourth-order valence-corrected chi connectivity index (χ4v) is 8.11. The van der Waals surface area contributed by atoms with Gasteiger partial charge in [-0.25, -0.2) is 9.13 Å². The quantitative estimate of drug-likeness (QED) is 0.0146. The van der Waals surface area contributed by atoms with E-state index in [9.17, 15) is 28.3 Å². The SMILES string of the molecule is C=CC/C=C/CCCCCCCC(=O)OCCOC(=O)CCCCCCC/C=C/CCCCCCCC.CCC/C=C/C/C=C/CCCCCCCC(=O)O[C@H](COC(=O)CCCCCCCC)COP(=O)(O)O.COP(=O)(O)O. The molecule has 0 spiro atoms. The van der Waals surface area contributed by atoms with Crippen LogP contribution in [0.5, 0.6) is 0 Å². The van der Waals surface area contributed by atoms with Crippen LogP contribution >= 0.6 is 15.6 Å². The van der Waals surface area contributed by atoms with E-state index in [4.69, 9.17) is 38.5 Å². The van der Waals surface area contributed by atoms with Crippen molar-refractivity contribution in [3.05, 3.63) is 61.3 Å². The molecule has 0 aliphatic rings. The number of phosphoric acid groups is 2. The topological polar surface area (TPSA) is 239 Å². The third-order valence-corrected chi connectivity index (χ3v) is 13.4. The Morgan fingerprint density at radius 1 is 0.400 bits per heavy atom. The van der Waals surface area contributed by atoms with Crippen molar-refractivity contribution >= 4 is 39.5 Å². The maximum atomic E-state index is 12.2. The Morgan fingerprint density at radius 3 is 1.09 bits per heavy atom. The van der Waals surface area contributed by atoms with Crippen molar-refractivity contribution in [3.63, 3.8) is 0 Å². The van der Waals surface area contributed by atoms with Crippen molar-refractivity contribution < 1.29 is 75.9 Å².